The molecule has 0 aliphatic rings. The Morgan fingerprint density at radius 1 is 1.25 bits per heavy atom. The molecule has 0 saturated carbocycles. The van der Waals surface area contributed by atoms with E-state index in [0.717, 1.165) is 13.1 Å². The van der Waals surface area contributed by atoms with E-state index in [-0.39, 0.29) is 11.9 Å². The highest BCUT2D eigenvalue weighted by molar-refractivity contribution is 9.10. The lowest BCUT2D eigenvalue weighted by atomic mass is 10.0. The lowest BCUT2D eigenvalue weighted by Crippen LogP contribution is -2.43. The summed E-state index contributed by atoms with van der Waals surface area (Å²) in [7, 11) is 0. The summed E-state index contributed by atoms with van der Waals surface area (Å²) in [6.45, 7) is 10.6. The number of hydrogen-bond donors (Lipinski definition) is 1. The molecule has 0 bridgehead atoms. The van der Waals surface area contributed by atoms with Crippen LogP contribution in [0.1, 0.15) is 39.3 Å². The van der Waals surface area contributed by atoms with Crippen molar-refractivity contribution in [1.29, 1.82) is 0 Å². The van der Waals surface area contributed by atoms with Crippen LogP contribution in [0.15, 0.2) is 30.3 Å². The number of hydrogen-bond acceptors (Lipinski definition) is 2. The molecule has 1 aromatic carbocycles. The number of carbonyl (C=O) groups is 1. The van der Waals surface area contributed by atoms with Gasteiger partial charge in [0.25, 0.3) is 0 Å². The van der Waals surface area contributed by atoms with E-state index >= 15 is 0 Å². The summed E-state index contributed by atoms with van der Waals surface area (Å²) in [5.74, 6) is 0.0191. The Balaban J connectivity index is 2.82. The third-order valence-electron chi connectivity index (χ3n) is 3.43. The summed E-state index contributed by atoms with van der Waals surface area (Å²) in [5.41, 5.74) is 1.24. The zero-order valence-electron chi connectivity index (χ0n) is 12.8. The molecule has 112 valence electrons. The van der Waals surface area contributed by atoms with E-state index in [9.17, 15) is 4.79 Å². The molecule has 0 heterocycles. The van der Waals surface area contributed by atoms with Gasteiger partial charge in [0.05, 0.1) is 10.4 Å². The molecular weight excluding hydrogens is 316 g/mol. The quantitative estimate of drug-likeness (QED) is 0.772. The maximum Gasteiger partial charge on any atom is 0.236 e. The minimum atomic E-state index is -0.530. The minimum absolute atomic E-state index is 0.0191. The summed E-state index contributed by atoms with van der Waals surface area (Å²) in [4.78, 5) is 14.4. The average molecular weight is 341 g/mol. The number of alkyl halides is 1. The average Bonchev–Trinajstić information content (AvgIpc) is 2.43. The maximum absolute atomic E-state index is 12.0. The van der Waals surface area contributed by atoms with Gasteiger partial charge in [0.1, 0.15) is 0 Å². The molecule has 1 N–H and O–H groups in total. The normalized spacial score (nSPS) is 13.3. The Hall–Kier alpha value is -0.870. The standard InChI is InChI=1S/C16H25BrN2O/c1-5-19(6-2)14(13-10-8-7-9-11-13)12-18-15(20)16(3,4)17/h7-11,14H,5-6,12H2,1-4H3,(H,18,20). The van der Waals surface area contributed by atoms with Gasteiger partial charge in [0.2, 0.25) is 5.91 Å². The SMILES string of the molecule is CCN(CC)C(CNC(=O)C(C)(C)Br)c1ccccc1. The van der Waals surface area contributed by atoms with E-state index in [4.69, 9.17) is 0 Å². The minimum Gasteiger partial charge on any atom is -0.353 e. The Bertz CT molecular complexity index is 410. The van der Waals surface area contributed by atoms with Gasteiger partial charge in [-0.1, -0.05) is 60.1 Å². The van der Waals surface area contributed by atoms with E-state index in [1.807, 2.05) is 32.0 Å². The fourth-order valence-electron chi connectivity index (χ4n) is 2.20. The first-order chi connectivity index (χ1) is 9.40. The van der Waals surface area contributed by atoms with Gasteiger partial charge in [-0.3, -0.25) is 9.69 Å². The van der Waals surface area contributed by atoms with Gasteiger partial charge in [0, 0.05) is 6.54 Å². The molecule has 3 nitrogen and oxygen atoms in total. The molecule has 4 heteroatoms. The van der Waals surface area contributed by atoms with E-state index in [1.54, 1.807) is 0 Å². The molecule has 0 aliphatic heterocycles. The molecule has 0 aromatic heterocycles. The first-order valence-electron chi connectivity index (χ1n) is 7.16. The molecule has 1 amide bonds. The molecule has 0 fully saturated rings. The number of likely N-dealkylation sites (N-methyl/N-ethyl adjacent to an activating group) is 1. The lowest BCUT2D eigenvalue weighted by molar-refractivity contribution is -0.122. The van der Waals surface area contributed by atoms with Gasteiger partial charge >= 0.3 is 0 Å². The molecule has 1 unspecified atom stereocenters. The van der Waals surface area contributed by atoms with Crippen molar-refractivity contribution < 1.29 is 4.79 Å². The van der Waals surface area contributed by atoms with Crippen molar-refractivity contribution >= 4 is 21.8 Å². The molecule has 1 rings (SSSR count). The first-order valence-corrected chi connectivity index (χ1v) is 7.95. The number of rotatable bonds is 7. The van der Waals surface area contributed by atoms with Crippen LogP contribution in [0.2, 0.25) is 0 Å². The molecule has 0 saturated heterocycles. The molecule has 1 atom stereocenters. The van der Waals surface area contributed by atoms with Crippen molar-refractivity contribution in [2.24, 2.45) is 0 Å². The Morgan fingerprint density at radius 2 is 1.80 bits per heavy atom. The summed E-state index contributed by atoms with van der Waals surface area (Å²) in [5, 5.41) is 3.04. The number of nitrogens with zero attached hydrogens (tertiary/aromatic N) is 1. The molecule has 0 radical (unpaired) electrons. The fraction of sp³-hybridized carbons (Fsp3) is 0.562. The lowest BCUT2D eigenvalue weighted by Gasteiger charge is -2.31. The Kier molecular flexibility index (Phi) is 6.69. The monoisotopic (exact) mass is 340 g/mol. The van der Waals surface area contributed by atoms with E-state index in [1.165, 1.54) is 5.56 Å². The van der Waals surface area contributed by atoms with Crippen LogP contribution in [-0.2, 0) is 4.79 Å². The van der Waals surface area contributed by atoms with Gasteiger partial charge < -0.3 is 5.32 Å². The van der Waals surface area contributed by atoms with Crippen LogP contribution in [0.5, 0.6) is 0 Å². The summed E-state index contributed by atoms with van der Waals surface area (Å²) < 4.78 is -0.530. The van der Waals surface area contributed by atoms with Crippen LogP contribution < -0.4 is 5.32 Å². The van der Waals surface area contributed by atoms with Crippen LogP contribution in [-0.4, -0.2) is 34.8 Å². The highest BCUT2D eigenvalue weighted by Gasteiger charge is 2.25. The van der Waals surface area contributed by atoms with Crippen LogP contribution in [0.3, 0.4) is 0 Å². The third kappa shape index (κ3) is 4.91. The second-order valence-corrected chi connectivity index (χ2v) is 7.31. The topological polar surface area (TPSA) is 32.3 Å². The zero-order valence-corrected chi connectivity index (χ0v) is 14.4. The van der Waals surface area contributed by atoms with E-state index in [0.29, 0.717) is 6.54 Å². The molecule has 1 aromatic rings. The second-order valence-electron chi connectivity index (χ2n) is 5.33. The van der Waals surface area contributed by atoms with Crippen molar-refractivity contribution in [3.63, 3.8) is 0 Å². The van der Waals surface area contributed by atoms with Gasteiger partial charge in [-0.05, 0) is 32.5 Å². The fourth-order valence-corrected chi connectivity index (χ4v) is 2.34. The number of benzene rings is 1. The highest BCUT2D eigenvalue weighted by Crippen LogP contribution is 2.21. The van der Waals surface area contributed by atoms with Crippen molar-refractivity contribution in [2.45, 2.75) is 38.1 Å². The van der Waals surface area contributed by atoms with E-state index in [2.05, 4.69) is 52.1 Å². The summed E-state index contributed by atoms with van der Waals surface area (Å²) >= 11 is 3.40. The largest absolute Gasteiger partial charge is 0.353 e. The van der Waals surface area contributed by atoms with Gasteiger partial charge in [-0.15, -0.1) is 0 Å². The number of amides is 1. The summed E-state index contributed by atoms with van der Waals surface area (Å²) in [6, 6.07) is 10.6. The van der Waals surface area contributed by atoms with Crippen molar-refractivity contribution in [3.05, 3.63) is 35.9 Å². The van der Waals surface area contributed by atoms with Gasteiger partial charge in [0.15, 0.2) is 0 Å². The van der Waals surface area contributed by atoms with Gasteiger partial charge in [-0.25, -0.2) is 0 Å². The van der Waals surface area contributed by atoms with Gasteiger partial charge in [-0.2, -0.15) is 0 Å². The third-order valence-corrected chi connectivity index (χ3v) is 3.79. The Labute approximate surface area is 130 Å². The predicted octanol–water partition coefficient (Wildman–Crippen LogP) is 3.36. The number of nitrogens with one attached hydrogen (secondary N) is 1. The van der Waals surface area contributed by atoms with Crippen LogP contribution in [0.25, 0.3) is 0 Å². The smallest absolute Gasteiger partial charge is 0.236 e. The molecule has 0 spiro atoms. The Morgan fingerprint density at radius 3 is 2.25 bits per heavy atom. The highest BCUT2D eigenvalue weighted by atomic mass is 79.9. The van der Waals surface area contributed by atoms with Crippen molar-refractivity contribution in [1.82, 2.24) is 10.2 Å². The molecular formula is C16H25BrN2O. The number of carbonyl (C=O) groups excluding carboxylic acids is 1. The zero-order chi connectivity index (χ0) is 15.2. The van der Waals surface area contributed by atoms with Crippen LogP contribution in [0.4, 0.5) is 0 Å². The molecule has 0 aliphatic carbocycles. The molecule has 20 heavy (non-hydrogen) atoms. The van der Waals surface area contributed by atoms with Crippen LogP contribution >= 0.6 is 15.9 Å². The number of halogens is 1. The van der Waals surface area contributed by atoms with Crippen LogP contribution in [0, 0.1) is 0 Å². The van der Waals surface area contributed by atoms with E-state index < -0.39 is 4.32 Å². The van der Waals surface area contributed by atoms with Crippen molar-refractivity contribution in [3.8, 4) is 0 Å². The summed E-state index contributed by atoms with van der Waals surface area (Å²) in [6.07, 6.45) is 0. The predicted molar refractivity (Wildman–Crippen MR) is 88.1 cm³/mol. The second kappa shape index (κ2) is 7.79. The maximum atomic E-state index is 12.0. The first kappa shape index (κ1) is 17.2. The van der Waals surface area contributed by atoms with Crippen molar-refractivity contribution in [2.75, 3.05) is 19.6 Å².